The number of ether oxygens (including phenoxy) is 1. The van der Waals surface area contributed by atoms with E-state index in [1.807, 2.05) is 0 Å². The fourth-order valence-electron chi connectivity index (χ4n) is 6.39. The summed E-state index contributed by atoms with van der Waals surface area (Å²) in [4.78, 5) is 0. The zero-order valence-electron chi connectivity index (χ0n) is 19.7. The monoisotopic (exact) mass is 447 g/mol. The molecule has 0 bridgehead atoms. The van der Waals surface area contributed by atoms with Gasteiger partial charge in [-0.3, -0.25) is 0 Å². The van der Waals surface area contributed by atoms with Crippen molar-refractivity contribution in [2.45, 2.75) is 13.8 Å². The van der Waals surface area contributed by atoms with Crippen molar-refractivity contribution in [2.75, 3.05) is 0 Å². The number of aromatic nitrogens is 1. The number of para-hydroxylation sites is 1. The molecule has 0 saturated carbocycles. The van der Waals surface area contributed by atoms with Crippen molar-refractivity contribution in [3.05, 3.63) is 108 Å². The summed E-state index contributed by atoms with van der Waals surface area (Å²) in [7, 11) is 0. The van der Waals surface area contributed by atoms with Gasteiger partial charge in [-0.15, -0.1) is 0 Å². The summed E-state index contributed by atoms with van der Waals surface area (Å²) in [5, 5.41) is 3.86. The maximum Gasteiger partial charge on any atom is 0.256 e. The van der Waals surface area contributed by atoms with Crippen molar-refractivity contribution in [1.29, 1.82) is 0 Å². The minimum Gasteiger partial charge on any atom is -0.458 e. The molecule has 0 saturated heterocycles. The molecule has 0 spiro atoms. The molecule has 0 fully saturated rings. The first-order valence-corrected chi connectivity index (χ1v) is 12.2. The molecule has 0 N–H and O–H groups in total. The van der Waals surface area contributed by atoms with Crippen LogP contribution in [0.25, 0.3) is 38.5 Å². The maximum atomic E-state index is 6.64. The SMILES string of the molecule is Cc1c(C)n2c3c(cccc13)B1c3ccc(-c4cccc5ccccc45)cc3Oc3cccc-2c31. The number of fused-ring (bicyclic) bond motifs is 5. The first-order valence-electron chi connectivity index (χ1n) is 12.2. The van der Waals surface area contributed by atoms with E-state index in [4.69, 9.17) is 4.74 Å². The van der Waals surface area contributed by atoms with E-state index >= 15 is 0 Å². The summed E-state index contributed by atoms with van der Waals surface area (Å²) in [6, 6.07) is 35.1. The van der Waals surface area contributed by atoms with Gasteiger partial charge in [0, 0.05) is 22.3 Å². The van der Waals surface area contributed by atoms with Crippen LogP contribution in [0, 0.1) is 13.8 Å². The van der Waals surface area contributed by atoms with Crippen LogP contribution in [0.4, 0.5) is 0 Å². The predicted molar refractivity (Wildman–Crippen MR) is 147 cm³/mol. The number of hydrogen-bond acceptors (Lipinski definition) is 1. The highest BCUT2D eigenvalue weighted by Crippen LogP contribution is 2.37. The number of benzene rings is 5. The van der Waals surface area contributed by atoms with Gasteiger partial charge in [0.05, 0.1) is 0 Å². The lowest BCUT2D eigenvalue weighted by Crippen LogP contribution is -2.58. The number of rotatable bonds is 1. The van der Waals surface area contributed by atoms with Crippen molar-refractivity contribution in [3.63, 3.8) is 0 Å². The average Bonchev–Trinajstić information content (AvgIpc) is 3.16. The molecule has 1 aromatic heterocycles. The topological polar surface area (TPSA) is 14.2 Å². The van der Waals surface area contributed by atoms with Crippen LogP contribution >= 0.6 is 0 Å². The standard InChI is InChI=1S/C32H22BNO/c1-19-20(2)34-28-14-7-15-29-31(28)33(27-13-6-11-23(19)32(27)34)26-17-16-22(18-30(26)35-29)25-12-5-9-21-8-3-4-10-24(21)25/h3-18H,1-2H3. The Morgan fingerprint density at radius 2 is 1.49 bits per heavy atom. The Kier molecular flexibility index (Phi) is 3.64. The number of hydrogen-bond donors (Lipinski definition) is 0. The van der Waals surface area contributed by atoms with Gasteiger partial charge in [-0.2, -0.15) is 0 Å². The van der Waals surface area contributed by atoms with Crippen LogP contribution < -0.4 is 21.1 Å². The molecule has 3 heteroatoms. The second-order valence-corrected chi connectivity index (χ2v) is 9.79. The maximum absolute atomic E-state index is 6.64. The summed E-state index contributed by atoms with van der Waals surface area (Å²) < 4.78 is 9.08. The summed E-state index contributed by atoms with van der Waals surface area (Å²) >= 11 is 0. The van der Waals surface area contributed by atoms with Crippen molar-refractivity contribution in [1.82, 2.24) is 4.57 Å². The zero-order chi connectivity index (χ0) is 23.3. The minimum atomic E-state index is 0.163. The molecule has 0 unspecified atom stereocenters. The fraction of sp³-hybridized carbons (Fsp3) is 0.0625. The van der Waals surface area contributed by atoms with Crippen LogP contribution in [0.15, 0.2) is 97.1 Å². The molecule has 2 aliphatic heterocycles. The summed E-state index contributed by atoms with van der Waals surface area (Å²) in [5.74, 6) is 1.92. The van der Waals surface area contributed by atoms with Crippen molar-refractivity contribution >= 4 is 44.8 Å². The van der Waals surface area contributed by atoms with Gasteiger partial charge in [0.25, 0.3) is 6.71 Å². The predicted octanol–water partition coefficient (Wildman–Crippen LogP) is 6.00. The summed E-state index contributed by atoms with van der Waals surface area (Å²) in [6.07, 6.45) is 0. The van der Waals surface area contributed by atoms with Crippen LogP contribution in [-0.2, 0) is 0 Å². The van der Waals surface area contributed by atoms with Crippen molar-refractivity contribution < 1.29 is 4.74 Å². The van der Waals surface area contributed by atoms with Crippen LogP contribution in [0.1, 0.15) is 11.3 Å². The molecular weight excluding hydrogens is 425 g/mol. The van der Waals surface area contributed by atoms with Crippen LogP contribution in [0.3, 0.4) is 0 Å². The van der Waals surface area contributed by atoms with Gasteiger partial charge in [-0.25, -0.2) is 0 Å². The Labute approximate surface area is 204 Å². The highest BCUT2D eigenvalue weighted by Gasteiger charge is 2.40. The second-order valence-electron chi connectivity index (χ2n) is 9.79. The molecule has 0 aliphatic carbocycles. The van der Waals surface area contributed by atoms with E-state index in [1.165, 1.54) is 66.1 Å². The van der Waals surface area contributed by atoms with Gasteiger partial charge < -0.3 is 9.30 Å². The summed E-state index contributed by atoms with van der Waals surface area (Å²) in [6.45, 7) is 4.63. The molecule has 3 heterocycles. The normalized spacial score (nSPS) is 13.0. The molecular formula is C32H22BNO. The van der Waals surface area contributed by atoms with Gasteiger partial charge in [-0.05, 0) is 75.9 Å². The number of aryl methyl sites for hydroxylation is 1. The Bertz CT molecular complexity index is 1860. The van der Waals surface area contributed by atoms with E-state index in [1.54, 1.807) is 0 Å². The Balaban J connectivity index is 1.41. The highest BCUT2D eigenvalue weighted by atomic mass is 16.5. The molecule has 0 atom stereocenters. The molecule has 164 valence electrons. The van der Waals surface area contributed by atoms with E-state index in [0.717, 1.165) is 11.5 Å². The molecule has 2 nitrogen and oxygen atoms in total. The van der Waals surface area contributed by atoms with Crippen LogP contribution in [0.2, 0.25) is 0 Å². The molecule has 6 aromatic rings. The summed E-state index contributed by atoms with van der Waals surface area (Å²) in [5.41, 5.74) is 11.5. The molecule has 2 aliphatic rings. The number of nitrogens with zero attached hydrogens (tertiary/aromatic N) is 1. The molecule has 35 heavy (non-hydrogen) atoms. The Hall–Kier alpha value is -4.24. The highest BCUT2D eigenvalue weighted by molar-refractivity contribution is 6.99. The van der Waals surface area contributed by atoms with E-state index < -0.39 is 0 Å². The van der Waals surface area contributed by atoms with Gasteiger partial charge >= 0.3 is 0 Å². The van der Waals surface area contributed by atoms with E-state index in [-0.39, 0.29) is 6.71 Å². The van der Waals surface area contributed by atoms with Crippen LogP contribution in [0.5, 0.6) is 11.5 Å². The Morgan fingerprint density at radius 3 is 2.43 bits per heavy atom. The van der Waals surface area contributed by atoms with E-state index in [9.17, 15) is 0 Å². The van der Waals surface area contributed by atoms with Crippen molar-refractivity contribution in [2.24, 2.45) is 0 Å². The average molecular weight is 447 g/mol. The van der Waals surface area contributed by atoms with Gasteiger partial charge in [0.1, 0.15) is 11.5 Å². The van der Waals surface area contributed by atoms with Gasteiger partial charge in [-0.1, -0.05) is 78.9 Å². The molecule has 0 amide bonds. The third-order valence-corrected chi connectivity index (χ3v) is 8.10. The Morgan fingerprint density at radius 1 is 0.686 bits per heavy atom. The molecule has 5 aromatic carbocycles. The van der Waals surface area contributed by atoms with Crippen LogP contribution in [-0.4, -0.2) is 11.3 Å². The third-order valence-electron chi connectivity index (χ3n) is 8.10. The lowest BCUT2D eigenvalue weighted by molar-refractivity contribution is 0.487. The minimum absolute atomic E-state index is 0.163. The second kappa shape index (κ2) is 6.67. The molecule has 8 rings (SSSR count). The first kappa shape index (κ1) is 19.1. The largest absolute Gasteiger partial charge is 0.458 e. The van der Waals surface area contributed by atoms with Gasteiger partial charge in [0.15, 0.2) is 0 Å². The fourth-order valence-corrected chi connectivity index (χ4v) is 6.39. The van der Waals surface area contributed by atoms with E-state index in [0.29, 0.717) is 0 Å². The van der Waals surface area contributed by atoms with Crippen molar-refractivity contribution in [3.8, 4) is 28.3 Å². The van der Waals surface area contributed by atoms with Gasteiger partial charge in [0.2, 0.25) is 0 Å². The smallest absolute Gasteiger partial charge is 0.256 e. The van der Waals surface area contributed by atoms with E-state index in [2.05, 4.69) is 115 Å². The zero-order valence-corrected chi connectivity index (χ0v) is 19.7. The molecule has 0 radical (unpaired) electrons. The first-order chi connectivity index (χ1) is 17.2. The lowest BCUT2D eigenvalue weighted by atomic mass is 9.34. The lowest BCUT2D eigenvalue weighted by Gasteiger charge is -2.33. The quantitative estimate of drug-likeness (QED) is 0.282. The third kappa shape index (κ3) is 2.40.